The summed E-state index contributed by atoms with van der Waals surface area (Å²) < 4.78 is 0. The lowest BCUT2D eigenvalue weighted by atomic mass is 10.5. The van der Waals surface area contributed by atoms with Gasteiger partial charge in [-0.2, -0.15) is 22.6 Å². The van der Waals surface area contributed by atoms with Crippen molar-refractivity contribution in [2.24, 2.45) is 15.4 Å². The van der Waals surface area contributed by atoms with Crippen LogP contribution in [0.1, 0.15) is 0 Å². The minimum atomic E-state index is -0.293. The molecule has 2 N–H and O–H groups in total. The first-order chi connectivity index (χ1) is 10.5. The van der Waals surface area contributed by atoms with E-state index in [0.29, 0.717) is 17.4 Å². The van der Waals surface area contributed by atoms with Gasteiger partial charge in [-0.25, -0.2) is 0 Å². The van der Waals surface area contributed by atoms with Crippen LogP contribution in [0, 0.1) is 4.91 Å². The van der Waals surface area contributed by atoms with E-state index >= 15 is 0 Å². The van der Waals surface area contributed by atoms with Gasteiger partial charge in [0.25, 0.3) is 5.13 Å². The lowest BCUT2D eigenvalue weighted by Gasteiger charge is -2.11. The molecule has 0 aliphatic heterocycles. The number of nitrogens with two attached hydrogens (primary N) is 1. The van der Waals surface area contributed by atoms with Crippen molar-refractivity contribution in [1.82, 2.24) is 20.2 Å². The Kier molecular flexibility index (Phi) is 5.51. The molecule has 0 fully saturated rings. The van der Waals surface area contributed by atoms with Gasteiger partial charge in [0.05, 0.1) is 0 Å². The number of nitroso groups, excluding NO2 is 1. The summed E-state index contributed by atoms with van der Waals surface area (Å²) in [4.78, 5) is 19.9. The summed E-state index contributed by atoms with van der Waals surface area (Å²) in [6.07, 6.45) is 0. The Labute approximate surface area is 139 Å². The van der Waals surface area contributed by atoms with Gasteiger partial charge in [-0.05, 0) is 5.18 Å². The van der Waals surface area contributed by atoms with Crippen LogP contribution >= 0.6 is 35.6 Å². The van der Waals surface area contributed by atoms with E-state index in [-0.39, 0.29) is 27.7 Å². The summed E-state index contributed by atoms with van der Waals surface area (Å²) in [5.74, 6) is 0.211. The number of azo groups is 1. The van der Waals surface area contributed by atoms with E-state index in [1.165, 1.54) is 11.3 Å². The zero-order valence-electron chi connectivity index (χ0n) is 11.2. The normalized spacial score (nSPS) is 11.0. The third-order valence-electron chi connectivity index (χ3n) is 2.33. The molecule has 0 amide bonds. The second kappa shape index (κ2) is 7.38. The van der Waals surface area contributed by atoms with Crippen molar-refractivity contribution >= 4 is 63.3 Å². The van der Waals surface area contributed by atoms with E-state index in [2.05, 4.69) is 48.2 Å². The predicted molar refractivity (Wildman–Crippen MR) is 88.1 cm³/mol. The number of halogens is 1. The Bertz CT molecular complexity index is 706. The van der Waals surface area contributed by atoms with E-state index in [9.17, 15) is 4.91 Å². The zero-order valence-corrected chi connectivity index (χ0v) is 13.7. The number of nitrogen functional groups attached to an aromatic ring is 1. The fourth-order valence-electron chi connectivity index (χ4n) is 1.32. The Hall–Kier alpha value is -1.92. The summed E-state index contributed by atoms with van der Waals surface area (Å²) >= 11 is 11.2. The van der Waals surface area contributed by atoms with E-state index in [1.54, 1.807) is 0 Å². The SMILES string of the molecule is CN(CCS)c1nnc(/N=N/c2c(Cl)nc(N)nc2N=O)s1. The lowest BCUT2D eigenvalue weighted by Crippen LogP contribution is -2.19. The number of hydrogen-bond donors (Lipinski definition) is 2. The average molecular weight is 360 g/mol. The standard InChI is InChI=1S/C9H10ClN9OS2/c1-19(2-3-21)9-17-16-8(22-9)15-14-4-5(10)12-7(11)13-6(4)18-20/h21H,2-3H2,1H3,(H2,11,12,13)/b15-14+. The molecular formula is C9H10ClN9OS2. The van der Waals surface area contributed by atoms with Crippen molar-refractivity contribution in [3.63, 3.8) is 0 Å². The maximum absolute atomic E-state index is 10.7. The molecule has 0 saturated carbocycles. The Morgan fingerprint density at radius 3 is 2.82 bits per heavy atom. The molecule has 0 aliphatic carbocycles. The molecular weight excluding hydrogens is 350 g/mol. The van der Waals surface area contributed by atoms with Crippen molar-refractivity contribution in [2.45, 2.75) is 0 Å². The van der Waals surface area contributed by atoms with Crippen LogP contribution in [0.15, 0.2) is 15.4 Å². The van der Waals surface area contributed by atoms with Crippen LogP contribution in [0.4, 0.5) is 27.7 Å². The van der Waals surface area contributed by atoms with Crippen molar-refractivity contribution < 1.29 is 0 Å². The monoisotopic (exact) mass is 359 g/mol. The molecule has 116 valence electrons. The summed E-state index contributed by atoms with van der Waals surface area (Å²) in [5.41, 5.74) is 5.29. The highest BCUT2D eigenvalue weighted by Gasteiger charge is 2.13. The molecule has 0 saturated heterocycles. The van der Waals surface area contributed by atoms with Crippen LogP contribution in [-0.2, 0) is 0 Å². The van der Waals surface area contributed by atoms with Gasteiger partial charge in [-0.15, -0.1) is 25.3 Å². The minimum absolute atomic E-state index is 0.0775. The molecule has 0 unspecified atom stereocenters. The molecule has 2 rings (SSSR count). The van der Waals surface area contributed by atoms with Crippen LogP contribution in [0.25, 0.3) is 0 Å². The number of aromatic nitrogens is 4. The molecule has 0 aromatic carbocycles. The van der Waals surface area contributed by atoms with Crippen molar-refractivity contribution in [3.8, 4) is 0 Å². The highest BCUT2D eigenvalue weighted by Crippen LogP contribution is 2.35. The topological polar surface area (TPSA) is 135 Å². The van der Waals surface area contributed by atoms with Crippen molar-refractivity contribution in [3.05, 3.63) is 10.1 Å². The molecule has 0 spiro atoms. The fourth-order valence-corrected chi connectivity index (χ4v) is 2.49. The summed E-state index contributed by atoms with van der Waals surface area (Å²) in [5, 5.41) is 19.0. The van der Waals surface area contributed by atoms with Crippen molar-refractivity contribution in [2.75, 3.05) is 30.0 Å². The zero-order chi connectivity index (χ0) is 16.1. The van der Waals surface area contributed by atoms with Gasteiger partial charge in [-0.3, -0.25) is 0 Å². The molecule has 0 radical (unpaired) electrons. The van der Waals surface area contributed by atoms with E-state index in [0.717, 1.165) is 0 Å². The van der Waals surface area contributed by atoms with Crippen molar-refractivity contribution in [1.29, 1.82) is 0 Å². The third-order valence-corrected chi connectivity index (χ3v) is 3.71. The number of rotatable bonds is 6. The second-order valence-electron chi connectivity index (χ2n) is 3.85. The van der Waals surface area contributed by atoms with Gasteiger partial charge in [0.1, 0.15) is 0 Å². The summed E-state index contributed by atoms with van der Waals surface area (Å²) in [6.45, 7) is 0.714. The molecule has 2 aromatic heterocycles. The van der Waals surface area contributed by atoms with Gasteiger partial charge < -0.3 is 10.6 Å². The molecule has 0 aliphatic rings. The Balaban J connectivity index is 2.24. The highest BCUT2D eigenvalue weighted by molar-refractivity contribution is 7.80. The maximum atomic E-state index is 10.7. The first kappa shape index (κ1) is 16.5. The Morgan fingerprint density at radius 2 is 2.14 bits per heavy atom. The molecule has 22 heavy (non-hydrogen) atoms. The smallest absolute Gasteiger partial charge is 0.253 e. The van der Waals surface area contributed by atoms with Crippen LogP contribution in [0.2, 0.25) is 5.15 Å². The average Bonchev–Trinajstić information content (AvgIpc) is 2.94. The Morgan fingerprint density at radius 1 is 1.36 bits per heavy atom. The molecule has 0 bridgehead atoms. The predicted octanol–water partition coefficient (Wildman–Crippen LogP) is 2.74. The molecule has 10 nitrogen and oxygen atoms in total. The fraction of sp³-hybridized carbons (Fsp3) is 0.333. The minimum Gasteiger partial charge on any atom is -0.368 e. The van der Waals surface area contributed by atoms with E-state index in [1.807, 2.05) is 11.9 Å². The van der Waals surface area contributed by atoms with Crippen LogP contribution in [0.5, 0.6) is 0 Å². The molecule has 2 aromatic rings. The second-order valence-corrected chi connectivity index (χ2v) is 5.59. The van der Waals surface area contributed by atoms with Gasteiger partial charge in [0, 0.05) is 19.3 Å². The van der Waals surface area contributed by atoms with Gasteiger partial charge in [0.15, 0.2) is 10.8 Å². The quantitative estimate of drug-likeness (QED) is 0.350. The first-order valence-electron chi connectivity index (χ1n) is 5.78. The number of thiol groups is 1. The largest absolute Gasteiger partial charge is 0.368 e. The molecule has 0 atom stereocenters. The summed E-state index contributed by atoms with van der Waals surface area (Å²) in [6, 6.07) is 0. The van der Waals surface area contributed by atoms with Crippen LogP contribution < -0.4 is 10.6 Å². The first-order valence-corrected chi connectivity index (χ1v) is 7.61. The summed E-state index contributed by atoms with van der Waals surface area (Å²) in [7, 11) is 1.86. The van der Waals surface area contributed by atoms with E-state index < -0.39 is 0 Å². The van der Waals surface area contributed by atoms with Gasteiger partial charge in [-0.1, -0.05) is 22.9 Å². The number of nitrogens with zero attached hydrogens (tertiary/aromatic N) is 8. The number of anilines is 2. The number of hydrogen-bond acceptors (Lipinski definition) is 12. The van der Waals surface area contributed by atoms with Gasteiger partial charge in [0.2, 0.25) is 16.9 Å². The van der Waals surface area contributed by atoms with Crippen LogP contribution in [-0.4, -0.2) is 39.5 Å². The van der Waals surface area contributed by atoms with Gasteiger partial charge >= 0.3 is 0 Å². The molecule has 2 heterocycles. The third kappa shape index (κ3) is 3.84. The van der Waals surface area contributed by atoms with E-state index in [4.69, 9.17) is 17.3 Å². The maximum Gasteiger partial charge on any atom is 0.253 e. The highest BCUT2D eigenvalue weighted by atomic mass is 35.5. The molecule has 13 heteroatoms. The van der Waals surface area contributed by atoms with Crippen LogP contribution in [0.3, 0.4) is 0 Å². The lowest BCUT2D eigenvalue weighted by molar-refractivity contribution is 0.934.